The summed E-state index contributed by atoms with van der Waals surface area (Å²) in [6.45, 7) is -1.25. The van der Waals surface area contributed by atoms with Gasteiger partial charge in [-0.05, 0) is 0 Å². The lowest BCUT2D eigenvalue weighted by Crippen LogP contribution is -2.58. The smallest absolute Gasteiger partial charge is 0.184 e. The molecule has 1 saturated heterocycles. The zero-order chi connectivity index (χ0) is 14.3. The van der Waals surface area contributed by atoms with Gasteiger partial charge in [-0.3, -0.25) is 0 Å². The van der Waals surface area contributed by atoms with Crippen molar-refractivity contribution < 1.29 is 45.6 Å². The first-order chi connectivity index (χ1) is 8.38. The van der Waals surface area contributed by atoms with Gasteiger partial charge in [-0.15, -0.1) is 0 Å². The Balaban J connectivity index is 0.000000411. The number of hydrogen-bond acceptors (Lipinski definition) is 9. The van der Waals surface area contributed by atoms with Crippen molar-refractivity contribution in [2.75, 3.05) is 19.8 Å². The quantitative estimate of drug-likeness (QED) is 0.251. The molecule has 5 unspecified atom stereocenters. The molecule has 9 nitrogen and oxygen atoms in total. The molecule has 0 aliphatic carbocycles. The van der Waals surface area contributed by atoms with Crippen LogP contribution in [-0.4, -0.2) is 97.5 Å². The fourth-order valence-electron chi connectivity index (χ4n) is 1.14. The van der Waals surface area contributed by atoms with Crippen molar-refractivity contribution >= 4 is 0 Å². The minimum absolute atomic E-state index is 0.365. The van der Waals surface area contributed by atoms with E-state index in [1.54, 1.807) is 0 Å². The molecule has 0 aromatic carbocycles. The summed E-state index contributed by atoms with van der Waals surface area (Å²) in [7, 11) is 0. The molecule has 0 amide bonds. The first-order valence-electron chi connectivity index (χ1n) is 5.27. The van der Waals surface area contributed by atoms with E-state index in [1.807, 2.05) is 0 Å². The van der Waals surface area contributed by atoms with Gasteiger partial charge in [-0.2, -0.15) is 0 Å². The SMILES string of the molecule is OCC(O)CO.OCC1OC(O)C(O)C(O)C1O. The lowest BCUT2D eigenvalue weighted by atomic mass is 10.00. The summed E-state index contributed by atoms with van der Waals surface area (Å²) in [5, 5.41) is 68.7. The van der Waals surface area contributed by atoms with Gasteiger partial charge in [0.05, 0.1) is 19.8 Å². The topological polar surface area (TPSA) is 171 Å². The molecular weight excluding hydrogens is 252 g/mol. The van der Waals surface area contributed by atoms with Crippen molar-refractivity contribution in [3.8, 4) is 0 Å². The summed E-state index contributed by atoms with van der Waals surface area (Å²) in [6.07, 6.45) is -7.99. The predicted molar refractivity (Wildman–Crippen MR) is 56.2 cm³/mol. The summed E-state index contributed by atoms with van der Waals surface area (Å²) in [4.78, 5) is 0. The maximum atomic E-state index is 9.12. The lowest BCUT2D eigenvalue weighted by Gasteiger charge is -2.37. The maximum absolute atomic E-state index is 9.12. The van der Waals surface area contributed by atoms with E-state index < -0.39 is 43.4 Å². The van der Waals surface area contributed by atoms with E-state index in [-0.39, 0.29) is 13.2 Å². The lowest BCUT2D eigenvalue weighted by molar-refractivity contribution is -0.286. The van der Waals surface area contributed by atoms with E-state index >= 15 is 0 Å². The number of aliphatic hydroxyl groups excluding tert-OH is 8. The zero-order valence-corrected chi connectivity index (χ0v) is 9.57. The van der Waals surface area contributed by atoms with Crippen molar-refractivity contribution in [1.82, 2.24) is 0 Å². The second-order valence-electron chi connectivity index (χ2n) is 3.74. The summed E-state index contributed by atoms with van der Waals surface area (Å²) in [6, 6.07) is 0. The van der Waals surface area contributed by atoms with Gasteiger partial charge in [0.15, 0.2) is 6.29 Å². The Morgan fingerprint density at radius 3 is 1.67 bits per heavy atom. The number of ether oxygens (including phenoxy) is 1. The van der Waals surface area contributed by atoms with Crippen LogP contribution >= 0.6 is 0 Å². The van der Waals surface area contributed by atoms with Gasteiger partial charge < -0.3 is 45.6 Å². The fourth-order valence-corrected chi connectivity index (χ4v) is 1.14. The van der Waals surface area contributed by atoms with Gasteiger partial charge >= 0.3 is 0 Å². The Morgan fingerprint density at radius 2 is 1.33 bits per heavy atom. The van der Waals surface area contributed by atoms with Gasteiger partial charge in [-0.25, -0.2) is 0 Å². The van der Waals surface area contributed by atoms with Gasteiger partial charge in [0.25, 0.3) is 0 Å². The fraction of sp³-hybridized carbons (Fsp3) is 1.00. The van der Waals surface area contributed by atoms with Crippen LogP contribution in [0.4, 0.5) is 0 Å². The van der Waals surface area contributed by atoms with E-state index in [1.165, 1.54) is 0 Å². The van der Waals surface area contributed by atoms with Crippen LogP contribution in [0.1, 0.15) is 0 Å². The van der Waals surface area contributed by atoms with Crippen LogP contribution in [0.15, 0.2) is 0 Å². The molecule has 18 heavy (non-hydrogen) atoms. The van der Waals surface area contributed by atoms with Crippen molar-refractivity contribution in [2.45, 2.75) is 36.8 Å². The van der Waals surface area contributed by atoms with E-state index in [0.717, 1.165) is 0 Å². The Bertz CT molecular complexity index is 205. The first-order valence-corrected chi connectivity index (χ1v) is 5.27. The second kappa shape index (κ2) is 8.69. The Morgan fingerprint density at radius 1 is 0.833 bits per heavy atom. The third-order valence-corrected chi connectivity index (χ3v) is 2.29. The molecule has 0 aromatic rings. The third kappa shape index (κ3) is 5.10. The van der Waals surface area contributed by atoms with Gasteiger partial charge in [-0.1, -0.05) is 0 Å². The summed E-state index contributed by atoms with van der Waals surface area (Å²) in [5.41, 5.74) is 0. The molecule has 1 heterocycles. The molecule has 1 aliphatic rings. The average Bonchev–Trinajstić information content (AvgIpc) is 2.40. The normalized spacial score (nSPS) is 36.2. The number of aliphatic hydroxyl groups is 8. The summed E-state index contributed by atoms with van der Waals surface area (Å²) in [5.74, 6) is 0. The standard InChI is InChI=1S/C6H12O6.C3H8O3/c7-1-2-3(8)4(9)5(10)6(11)12-2;4-1-3(6)2-5/h2-11H,1H2;3-6H,1-2H2. The Kier molecular flexibility index (Phi) is 8.52. The van der Waals surface area contributed by atoms with Crippen LogP contribution in [0.25, 0.3) is 0 Å². The molecule has 0 saturated carbocycles. The summed E-state index contributed by atoms with van der Waals surface area (Å²) < 4.78 is 4.58. The van der Waals surface area contributed by atoms with E-state index in [2.05, 4.69) is 4.74 Å². The minimum Gasteiger partial charge on any atom is -0.394 e. The molecule has 5 atom stereocenters. The highest BCUT2D eigenvalue weighted by Crippen LogP contribution is 2.18. The maximum Gasteiger partial charge on any atom is 0.184 e. The van der Waals surface area contributed by atoms with Crippen LogP contribution in [0, 0.1) is 0 Å². The van der Waals surface area contributed by atoms with Gasteiger partial charge in [0.2, 0.25) is 0 Å². The predicted octanol–water partition coefficient (Wildman–Crippen LogP) is -4.89. The van der Waals surface area contributed by atoms with Crippen LogP contribution in [0.2, 0.25) is 0 Å². The van der Waals surface area contributed by atoms with Gasteiger partial charge in [0.1, 0.15) is 30.5 Å². The Hall–Kier alpha value is -0.360. The molecule has 0 aromatic heterocycles. The molecular formula is C9H20O9. The third-order valence-electron chi connectivity index (χ3n) is 2.29. The second-order valence-corrected chi connectivity index (χ2v) is 3.74. The molecule has 9 heteroatoms. The Labute approximate surface area is 103 Å². The van der Waals surface area contributed by atoms with Crippen molar-refractivity contribution in [2.24, 2.45) is 0 Å². The average molecular weight is 272 g/mol. The first kappa shape index (κ1) is 17.6. The molecule has 1 aliphatic heterocycles. The molecule has 0 bridgehead atoms. The van der Waals surface area contributed by atoms with Crippen LogP contribution in [0.5, 0.6) is 0 Å². The van der Waals surface area contributed by atoms with E-state index in [0.29, 0.717) is 0 Å². The molecule has 1 rings (SSSR count). The highest BCUT2D eigenvalue weighted by molar-refractivity contribution is 4.87. The minimum atomic E-state index is -1.57. The summed E-state index contributed by atoms with van der Waals surface area (Å²) >= 11 is 0. The molecule has 1 fully saturated rings. The van der Waals surface area contributed by atoms with Gasteiger partial charge in [0, 0.05) is 0 Å². The molecule has 0 radical (unpaired) electrons. The highest BCUT2D eigenvalue weighted by atomic mass is 16.6. The molecule has 0 spiro atoms. The van der Waals surface area contributed by atoms with Crippen LogP contribution < -0.4 is 0 Å². The zero-order valence-electron chi connectivity index (χ0n) is 9.57. The molecule has 8 N–H and O–H groups in total. The van der Waals surface area contributed by atoms with Crippen LogP contribution in [-0.2, 0) is 4.74 Å². The van der Waals surface area contributed by atoms with E-state index in [4.69, 9.17) is 40.9 Å². The monoisotopic (exact) mass is 272 g/mol. The van der Waals surface area contributed by atoms with E-state index in [9.17, 15) is 0 Å². The largest absolute Gasteiger partial charge is 0.394 e. The van der Waals surface area contributed by atoms with Crippen molar-refractivity contribution in [1.29, 1.82) is 0 Å². The number of hydrogen-bond donors (Lipinski definition) is 8. The highest BCUT2D eigenvalue weighted by Gasteiger charge is 2.42. The number of rotatable bonds is 3. The van der Waals surface area contributed by atoms with Crippen molar-refractivity contribution in [3.05, 3.63) is 0 Å². The van der Waals surface area contributed by atoms with Crippen LogP contribution in [0.3, 0.4) is 0 Å². The van der Waals surface area contributed by atoms with Crippen molar-refractivity contribution in [3.63, 3.8) is 0 Å². The molecule has 110 valence electrons.